The van der Waals surface area contributed by atoms with Crippen molar-refractivity contribution in [2.75, 3.05) is 0 Å². The number of aromatic nitrogens is 2. The van der Waals surface area contributed by atoms with Gasteiger partial charge in [-0.05, 0) is 31.7 Å². The summed E-state index contributed by atoms with van der Waals surface area (Å²) in [5.41, 5.74) is 3.97. The molecule has 0 saturated heterocycles. The van der Waals surface area contributed by atoms with Gasteiger partial charge < -0.3 is 4.42 Å². The van der Waals surface area contributed by atoms with Crippen molar-refractivity contribution in [1.82, 2.24) is 9.97 Å². The quantitative estimate of drug-likeness (QED) is 0.621. The van der Waals surface area contributed by atoms with E-state index in [0.717, 1.165) is 40.6 Å². The van der Waals surface area contributed by atoms with Gasteiger partial charge in [0, 0.05) is 16.6 Å². The van der Waals surface area contributed by atoms with Crippen LogP contribution in [0.2, 0.25) is 5.15 Å². The first-order valence-electron chi connectivity index (χ1n) is 6.85. The number of para-hydroxylation sites is 1. The zero-order valence-corrected chi connectivity index (χ0v) is 11.7. The monoisotopic (exact) mass is 284 g/mol. The second-order valence-corrected chi connectivity index (χ2v) is 5.47. The van der Waals surface area contributed by atoms with Crippen LogP contribution in [0.1, 0.15) is 24.1 Å². The number of halogens is 1. The zero-order valence-electron chi connectivity index (χ0n) is 10.9. The second-order valence-electron chi connectivity index (χ2n) is 5.12. The van der Waals surface area contributed by atoms with Crippen molar-refractivity contribution in [3.8, 4) is 11.4 Å². The van der Waals surface area contributed by atoms with E-state index in [1.807, 2.05) is 24.3 Å². The molecule has 4 rings (SSSR count). The number of rotatable bonds is 1. The van der Waals surface area contributed by atoms with E-state index in [-0.39, 0.29) is 0 Å². The Hall–Kier alpha value is -1.87. The fourth-order valence-corrected chi connectivity index (χ4v) is 3.10. The van der Waals surface area contributed by atoms with Gasteiger partial charge >= 0.3 is 0 Å². The van der Waals surface area contributed by atoms with Gasteiger partial charge in [-0.3, -0.25) is 0 Å². The smallest absolute Gasteiger partial charge is 0.164 e. The predicted octanol–water partition coefficient (Wildman–Crippen LogP) is 4.42. The van der Waals surface area contributed by atoms with Crippen molar-refractivity contribution in [3.63, 3.8) is 0 Å². The van der Waals surface area contributed by atoms with Gasteiger partial charge in [-0.15, -0.1) is 0 Å². The summed E-state index contributed by atoms with van der Waals surface area (Å²) in [7, 11) is 0. The van der Waals surface area contributed by atoms with Gasteiger partial charge in [0.2, 0.25) is 0 Å². The van der Waals surface area contributed by atoms with Crippen LogP contribution in [0, 0.1) is 0 Å². The molecule has 1 aliphatic carbocycles. The van der Waals surface area contributed by atoms with Crippen LogP contribution >= 0.6 is 11.6 Å². The molecule has 0 amide bonds. The molecule has 0 aliphatic heterocycles. The number of furan rings is 1. The summed E-state index contributed by atoms with van der Waals surface area (Å²) in [6, 6.07) is 7.90. The normalized spacial score (nSPS) is 14.4. The number of hydrogen-bond acceptors (Lipinski definition) is 3. The fraction of sp³-hybridized carbons (Fsp3) is 0.250. The Morgan fingerprint density at radius 3 is 2.85 bits per heavy atom. The Morgan fingerprint density at radius 1 is 1.05 bits per heavy atom. The summed E-state index contributed by atoms with van der Waals surface area (Å²) >= 11 is 6.33. The third-order valence-corrected chi connectivity index (χ3v) is 4.17. The molecule has 0 saturated carbocycles. The first-order valence-corrected chi connectivity index (χ1v) is 7.22. The second kappa shape index (κ2) is 4.60. The highest BCUT2D eigenvalue weighted by molar-refractivity contribution is 6.30. The Morgan fingerprint density at radius 2 is 1.90 bits per heavy atom. The number of aryl methyl sites for hydroxylation is 1. The van der Waals surface area contributed by atoms with Crippen LogP contribution < -0.4 is 0 Å². The fourth-order valence-electron chi connectivity index (χ4n) is 2.82. The molecule has 0 spiro atoms. The van der Waals surface area contributed by atoms with E-state index in [9.17, 15) is 0 Å². The minimum Gasteiger partial charge on any atom is -0.464 e. The van der Waals surface area contributed by atoms with Crippen molar-refractivity contribution < 1.29 is 4.42 Å². The van der Waals surface area contributed by atoms with Crippen molar-refractivity contribution in [2.24, 2.45) is 0 Å². The highest BCUT2D eigenvalue weighted by Crippen LogP contribution is 2.32. The summed E-state index contributed by atoms with van der Waals surface area (Å²) in [4.78, 5) is 9.18. The highest BCUT2D eigenvalue weighted by atomic mass is 35.5. The summed E-state index contributed by atoms with van der Waals surface area (Å²) in [6.45, 7) is 0. The summed E-state index contributed by atoms with van der Waals surface area (Å²) in [5, 5.41) is 1.62. The maximum absolute atomic E-state index is 6.33. The molecule has 20 heavy (non-hydrogen) atoms. The lowest BCUT2D eigenvalue weighted by molar-refractivity contribution is 0.616. The molecule has 2 heterocycles. The Kier molecular flexibility index (Phi) is 2.74. The molecule has 3 aromatic rings. The third kappa shape index (κ3) is 1.81. The largest absolute Gasteiger partial charge is 0.464 e. The lowest BCUT2D eigenvalue weighted by Crippen LogP contribution is -2.08. The van der Waals surface area contributed by atoms with Gasteiger partial charge in [0.05, 0.1) is 5.56 Å². The number of fused-ring (bicyclic) bond motifs is 2. The van der Waals surface area contributed by atoms with E-state index in [4.69, 9.17) is 21.0 Å². The maximum Gasteiger partial charge on any atom is 0.164 e. The predicted molar refractivity (Wildman–Crippen MR) is 78.9 cm³/mol. The Bertz CT molecular complexity index is 794. The van der Waals surface area contributed by atoms with E-state index in [0.29, 0.717) is 11.0 Å². The standard InChI is InChI=1S/C16H13ClN2O/c17-15-11-6-1-3-7-13(11)18-16(19-15)12-9-20-14-8-4-2-5-10(12)14/h2,4-5,8-9H,1,3,6-7H2. The van der Waals surface area contributed by atoms with E-state index < -0.39 is 0 Å². The average Bonchev–Trinajstić information content (AvgIpc) is 2.91. The Balaban J connectivity index is 1.92. The minimum absolute atomic E-state index is 0.593. The van der Waals surface area contributed by atoms with Crippen molar-refractivity contribution >= 4 is 22.6 Å². The van der Waals surface area contributed by atoms with E-state index >= 15 is 0 Å². The van der Waals surface area contributed by atoms with Gasteiger partial charge in [-0.1, -0.05) is 29.8 Å². The van der Waals surface area contributed by atoms with Crippen molar-refractivity contribution in [1.29, 1.82) is 0 Å². The SMILES string of the molecule is Clc1nc(-c2coc3ccccc23)nc2c1CCCC2. The molecule has 0 bridgehead atoms. The molecule has 0 fully saturated rings. The molecule has 0 unspecified atom stereocenters. The molecular formula is C16H13ClN2O. The van der Waals surface area contributed by atoms with Crippen LogP contribution in [0.25, 0.3) is 22.4 Å². The first kappa shape index (κ1) is 11.9. The van der Waals surface area contributed by atoms with Gasteiger partial charge in [-0.25, -0.2) is 9.97 Å². The van der Waals surface area contributed by atoms with Crippen LogP contribution in [-0.2, 0) is 12.8 Å². The first-order chi connectivity index (χ1) is 9.83. The van der Waals surface area contributed by atoms with Crippen LogP contribution in [-0.4, -0.2) is 9.97 Å². The molecule has 1 aliphatic rings. The molecule has 1 aromatic carbocycles. The lowest BCUT2D eigenvalue weighted by atomic mass is 9.97. The molecule has 2 aromatic heterocycles. The van der Waals surface area contributed by atoms with Gasteiger partial charge in [-0.2, -0.15) is 0 Å². The van der Waals surface area contributed by atoms with Crippen molar-refractivity contribution in [3.05, 3.63) is 46.9 Å². The maximum atomic E-state index is 6.33. The molecule has 100 valence electrons. The molecule has 0 radical (unpaired) electrons. The topological polar surface area (TPSA) is 38.9 Å². The van der Waals surface area contributed by atoms with Crippen LogP contribution in [0.15, 0.2) is 34.9 Å². The van der Waals surface area contributed by atoms with Crippen LogP contribution in [0.3, 0.4) is 0 Å². The molecule has 0 N–H and O–H groups in total. The third-order valence-electron chi connectivity index (χ3n) is 3.85. The molecule has 4 heteroatoms. The molecule has 0 atom stereocenters. The molecule has 3 nitrogen and oxygen atoms in total. The van der Waals surface area contributed by atoms with E-state index in [2.05, 4.69) is 4.98 Å². The number of nitrogens with zero attached hydrogens (tertiary/aromatic N) is 2. The van der Waals surface area contributed by atoms with E-state index in [1.165, 1.54) is 12.8 Å². The minimum atomic E-state index is 0.593. The van der Waals surface area contributed by atoms with Gasteiger partial charge in [0.15, 0.2) is 5.82 Å². The van der Waals surface area contributed by atoms with Gasteiger partial charge in [0.25, 0.3) is 0 Å². The number of benzene rings is 1. The summed E-state index contributed by atoms with van der Waals surface area (Å²) in [5.74, 6) is 0.667. The lowest BCUT2D eigenvalue weighted by Gasteiger charge is -2.16. The molecular weight excluding hydrogens is 272 g/mol. The highest BCUT2D eigenvalue weighted by Gasteiger charge is 2.19. The zero-order chi connectivity index (χ0) is 13.5. The van der Waals surface area contributed by atoms with Crippen molar-refractivity contribution in [2.45, 2.75) is 25.7 Å². The van der Waals surface area contributed by atoms with Crippen LogP contribution in [0.5, 0.6) is 0 Å². The van der Waals surface area contributed by atoms with Gasteiger partial charge in [0.1, 0.15) is 17.0 Å². The van der Waals surface area contributed by atoms with E-state index in [1.54, 1.807) is 6.26 Å². The summed E-state index contributed by atoms with van der Waals surface area (Å²) in [6.07, 6.45) is 6.03. The summed E-state index contributed by atoms with van der Waals surface area (Å²) < 4.78 is 5.56. The number of hydrogen-bond donors (Lipinski definition) is 0. The average molecular weight is 285 g/mol. The Labute approximate surface area is 121 Å². The van der Waals surface area contributed by atoms with Crippen LogP contribution in [0.4, 0.5) is 0 Å².